The highest BCUT2D eigenvalue weighted by atomic mass is 16.5. The number of hydrogen-bond acceptors (Lipinski definition) is 5. The maximum atomic E-state index is 12.6. The lowest BCUT2D eigenvalue weighted by Gasteiger charge is -2.15. The second kappa shape index (κ2) is 7.46. The number of carbonyl (C=O) groups is 1. The summed E-state index contributed by atoms with van der Waals surface area (Å²) in [7, 11) is 0. The van der Waals surface area contributed by atoms with Crippen LogP contribution in [0.4, 0.5) is 0 Å². The van der Waals surface area contributed by atoms with E-state index < -0.39 is 0 Å². The van der Waals surface area contributed by atoms with Crippen molar-refractivity contribution < 1.29 is 9.32 Å². The quantitative estimate of drug-likeness (QED) is 0.711. The van der Waals surface area contributed by atoms with Crippen LogP contribution in [0.3, 0.4) is 0 Å². The summed E-state index contributed by atoms with van der Waals surface area (Å²) in [6.45, 7) is 6.20. The van der Waals surface area contributed by atoms with Crippen LogP contribution in [0.15, 0.2) is 35.0 Å². The van der Waals surface area contributed by atoms with Gasteiger partial charge in [-0.25, -0.2) is 0 Å². The van der Waals surface area contributed by atoms with Gasteiger partial charge in [-0.05, 0) is 25.0 Å². The fraction of sp³-hybridized carbons (Fsp3) is 0.444. The second-order valence-corrected chi connectivity index (χ2v) is 6.23. The van der Waals surface area contributed by atoms with Gasteiger partial charge in [0.1, 0.15) is 0 Å². The monoisotopic (exact) mass is 341 g/mol. The van der Waals surface area contributed by atoms with E-state index in [1.54, 1.807) is 6.07 Å². The number of rotatable bonds is 7. The Morgan fingerprint density at radius 3 is 2.92 bits per heavy atom. The zero-order valence-electron chi connectivity index (χ0n) is 14.8. The highest BCUT2D eigenvalue weighted by Crippen LogP contribution is 2.21. The summed E-state index contributed by atoms with van der Waals surface area (Å²) in [5, 5.41) is 15.4. The number of aromatic nitrogens is 4. The average molecular weight is 341 g/mol. The van der Waals surface area contributed by atoms with Crippen LogP contribution in [0.5, 0.6) is 0 Å². The van der Waals surface area contributed by atoms with E-state index in [2.05, 4.69) is 41.4 Å². The fourth-order valence-corrected chi connectivity index (χ4v) is 2.72. The molecule has 2 atom stereocenters. The topological polar surface area (TPSA) is 85.3 Å². The minimum atomic E-state index is -0.284. The molecular weight excluding hydrogens is 318 g/mol. The molecule has 3 aromatic rings. The van der Waals surface area contributed by atoms with Crippen LogP contribution in [0.25, 0.3) is 5.65 Å². The molecule has 1 N–H and O–H groups in total. The summed E-state index contributed by atoms with van der Waals surface area (Å²) in [5.41, 5.74) is 1.55. The number of nitrogens with one attached hydrogen (secondary N) is 1. The van der Waals surface area contributed by atoms with Crippen LogP contribution in [-0.2, 0) is 0 Å². The van der Waals surface area contributed by atoms with Gasteiger partial charge in [-0.15, -0.1) is 10.2 Å². The number of amides is 1. The summed E-state index contributed by atoms with van der Waals surface area (Å²) in [5.74, 6) is 0.919. The first kappa shape index (κ1) is 17.1. The molecule has 0 saturated carbocycles. The van der Waals surface area contributed by atoms with Gasteiger partial charge in [0.15, 0.2) is 11.5 Å². The van der Waals surface area contributed by atoms with Gasteiger partial charge >= 0.3 is 0 Å². The van der Waals surface area contributed by atoms with E-state index >= 15 is 0 Å². The van der Waals surface area contributed by atoms with Gasteiger partial charge < -0.3 is 9.84 Å². The lowest BCUT2D eigenvalue weighted by molar-refractivity contribution is 0.0894. The van der Waals surface area contributed by atoms with Crippen LogP contribution in [0.1, 0.15) is 74.1 Å². The Bertz CT molecular complexity index is 854. The van der Waals surface area contributed by atoms with Gasteiger partial charge in [-0.1, -0.05) is 38.4 Å². The van der Waals surface area contributed by atoms with Crippen molar-refractivity contribution in [3.63, 3.8) is 0 Å². The third-order valence-electron chi connectivity index (χ3n) is 4.40. The molecule has 0 bridgehead atoms. The van der Waals surface area contributed by atoms with Crippen molar-refractivity contribution in [1.29, 1.82) is 0 Å². The third-order valence-corrected chi connectivity index (χ3v) is 4.40. The molecule has 7 nitrogen and oxygen atoms in total. The van der Waals surface area contributed by atoms with Crippen molar-refractivity contribution in [2.45, 2.75) is 52.0 Å². The molecule has 0 aliphatic carbocycles. The SMILES string of the molecule is CCC[C@@H](NC(=O)c1cc([C@H](C)CC)no1)c1nnc2ccccn12. The smallest absolute Gasteiger partial charge is 0.290 e. The molecule has 3 aromatic heterocycles. The van der Waals surface area contributed by atoms with Crippen LogP contribution in [0, 0.1) is 0 Å². The molecule has 0 spiro atoms. The first-order chi connectivity index (χ1) is 12.1. The molecule has 7 heteroatoms. The molecule has 0 fully saturated rings. The molecule has 3 rings (SSSR count). The second-order valence-electron chi connectivity index (χ2n) is 6.23. The number of pyridine rings is 1. The minimum Gasteiger partial charge on any atom is -0.351 e. The molecule has 0 saturated heterocycles. The molecule has 25 heavy (non-hydrogen) atoms. The summed E-state index contributed by atoms with van der Waals surface area (Å²) in [6, 6.07) is 7.18. The molecule has 0 aliphatic rings. The summed E-state index contributed by atoms with van der Waals surface area (Å²) >= 11 is 0. The largest absolute Gasteiger partial charge is 0.351 e. The maximum absolute atomic E-state index is 12.6. The number of fused-ring (bicyclic) bond motifs is 1. The molecule has 1 amide bonds. The first-order valence-electron chi connectivity index (χ1n) is 8.71. The predicted octanol–water partition coefficient (Wildman–Crippen LogP) is 3.50. The fourth-order valence-electron chi connectivity index (χ4n) is 2.72. The molecule has 132 valence electrons. The zero-order chi connectivity index (χ0) is 17.8. The van der Waals surface area contributed by atoms with Crippen LogP contribution in [-0.4, -0.2) is 25.7 Å². The van der Waals surface area contributed by atoms with Crippen LogP contribution < -0.4 is 5.32 Å². The normalized spacial score (nSPS) is 13.7. The Kier molecular flexibility index (Phi) is 5.11. The number of nitrogens with zero attached hydrogens (tertiary/aromatic N) is 4. The van der Waals surface area contributed by atoms with Gasteiger partial charge in [0.25, 0.3) is 5.91 Å². The van der Waals surface area contributed by atoms with Crippen molar-refractivity contribution in [3.05, 3.63) is 47.7 Å². The lowest BCUT2D eigenvalue weighted by Crippen LogP contribution is -2.29. The molecular formula is C18H23N5O2. The van der Waals surface area contributed by atoms with Gasteiger partial charge in [0.2, 0.25) is 5.76 Å². The van der Waals surface area contributed by atoms with E-state index in [1.807, 2.05) is 28.8 Å². The van der Waals surface area contributed by atoms with Gasteiger partial charge in [-0.3, -0.25) is 9.20 Å². The van der Waals surface area contributed by atoms with Crippen LogP contribution in [0.2, 0.25) is 0 Å². The molecule has 0 aromatic carbocycles. The third kappa shape index (κ3) is 3.55. The van der Waals surface area contributed by atoms with E-state index in [1.165, 1.54) is 0 Å². The van der Waals surface area contributed by atoms with Gasteiger partial charge in [-0.2, -0.15) is 0 Å². The molecule has 0 aliphatic heterocycles. The average Bonchev–Trinajstić information content (AvgIpc) is 3.28. The predicted molar refractivity (Wildman–Crippen MR) is 93.3 cm³/mol. The highest BCUT2D eigenvalue weighted by molar-refractivity contribution is 5.91. The van der Waals surface area contributed by atoms with Crippen molar-refractivity contribution >= 4 is 11.6 Å². The zero-order valence-corrected chi connectivity index (χ0v) is 14.8. The Labute approximate surface area is 146 Å². The maximum Gasteiger partial charge on any atom is 0.290 e. The van der Waals surface area contributed by atoms with E-state index in [0.29, 0.717) is 5.82 Å². The lowest BCUT2D eigenvalue weighted by atomic mass is 10.1. The van der Waals surface area contributed by atoms with Gasteiger partial charge in [0, 0.05) is 18.2 Å². The van der Waals surface area contributed by atoms with Crippen molar-refractivity contribution in [3.8, 4) is 0 Å². The number of carbonyl (C=O) groups excluding carboxylic acids is 1. The van der Waals surface area contributed by atoms with Crippen molar-refractivity contribution in [1.82, 2.24) is 25.1 Å². The minimum absolute atomic E-state index is 0.227. The summed E-state index contributed by atoms with van der Waals surface area (Å²) in [6.07, 6.45) is 4.50. The van der Waals surface area contributed by atoms with E-state index in [-0.39, 0.29) is 23.6 Å². The Morgan fingerprint density at radius 2 is 2.16 bits per heavy atom. The van der Waals surface area contributed by atoms with Crippen molar-refractivity contribution in [2.24, 2.45) is 0 Å². The molecule has 0 radical (unpaired) electrons. The van der Waals surface area contributed by atoms with E-state index in [0.717, 1.165) is 30.6 Å². The van der Waals surface area contributed by atoms with Gasteiger partial charge in [0.05, 0.1) is 11.7 Å². The number of hydrogen-bond donors (Lipinski definition) is 1. The molecule has 0 unspecified atom stereocenters. The first-order valence-corrected chi connectivity index (χ1v) is 8.71. The summed E-state index contributed by atoms with van der Waals surface area (Å²) in [4.78, 5) is 12.6. The Hall–Kier alpha value is -2.70. The Balaban J connectivity index is 1.82. The molecule has 3 heterocycles. The van der Waals surface area contributed by atoms with Crippen molar-refractivity contribution in [2.75, 3.05) is 0 Å². The summed E-state index contributed by atoms with van der Waals surface area (Å²) < 4.78 is 7.12. The van der Waals surface area contributed by atoms with E-state index in [4.69, 9.17) is 4.52 Å². The standard InChI is InChI=1S/C18H23N5O2/c1-4-8-13(17-21-20-16-9-6-7-10-23(16)17)19-18(24)15-11-14(22-25-15)12(3)5-2/h6-7,9-13H,4-5,8H2,1-3H3,(H,19,24)/t12-,13-/m1/s1. The van der Waals surface area contributed by atoms with Crippen LogP contribution >= 0.6 is 0 Å². The highest BCUT2D eigenvalue weighted by Gasteiger charge is 2.23. The van der Waals surface area contributed by atoms with E-state index in [9.17, 15) is 4.79 Å². The Morgan fingerprint density at radius 1 is 1.32 bits per heavy atom.